The van der Waals surface area contributed by atoms with Gasteiger partial charge in [-0.15, -0.1) is 11.3 Å². The van der Waals surface area contributed by atoms with Crippen molar-refractivity contribution < 1.29 is 24.2 Å². The maximum Gasteiger partial charge on any atom is 0.305 e. The molecule has 0 bridgehead atoms. The van der Waals surface area contributed by atoms with Gasteiger partial charge in [0.2, 0.25) is 12.7 Å². The topological polar surface area (TPSA) is 97.8 Å². The standard InChI is InChI=1S/C19H20N2O5S/c22-16(21-19(9-17(23)24)5-1-2-6-19)8-13-10-27-18(20-13)12-3-4-14-15(7-12)26-11-25-14/h3-4,7,10H,1-2,5-6,8-9,11H2,(H,21,22)(H,23,24). The van der Waals surface area contributed by atoms with Gasteiger partial charge in [-0.25, -0.2) is 4.98 Å². The maximum absolute atomic E-state index is 12.5. The number of benzene rings is 1. The minimum absolute atomic E-state index is 0.0295. The lowest BCUT2D eigenvalue weighted by Gasteiger charge is -2.28. The zero-order chi connectivity index (χ0) is 18.9. The molecule has 2 N–H and O–H groups in total. The van der Waals surface area contributed by atoms with E-state index in [-0.39, 0.29) is 25.5 Å². The van der Waals surface area contributed by atoms with E-state index in [1.54, 1.807) is 0 Å². The number of carboxylic acid groups (broad SMARTS) is 1. The highest BCUT2D eigenvalue weighted by Crippen LogP contribution is 2.37. The van der Waals surface area contributed by atoms with Gasteiger partial charge in [0.05, 0.1) is 24.1 Å². The molecule has 2 aliphatic rings. The number of nitrogens with one attached hydrogen (secondary N) is 1. The number of nitrogens with zero attached hydrogens (tertiary/aromatic N) is 1. The smallest absolute Gasteiger partial charge is 0.305 e. The van der Waals surface area contributed by atoms with Crippen LogP contribution < -0.4 is 14.8 Å². The van der Waals surface area contributed by atoms with E-state index in [0.717, 1.165) is 29.2 Å². The Hall–Kier alpha value is -2.61. The molecule has 0 spiro atoms. The third-order valence-electron chi connectivity index (χ3n) is 4.97. The minimum atomic E-state index is -0.879. The Morgan fingerprint density at radius 3 is 2.78 bits per heavy atom. The molecule has 0 unspecified atom stereocenters. The van der Waals surface area contributed by atoms with Gasteiger partial charge in [-0.3, -0.25) is 9.59 Å². The van der Waals surface area contributed by atoms with Gasteiger partial charge >= 0.3 is 5.97 Å². The Morgan fingerprint density at radius 2 is 2.00 bits per heavy atom. The fraction of sp³-hybridized carbons (Fsp3) is 0.421. The number of carbonyl (C=O) groups excluding carboxylic acids is 1. The van der Waals surface area contributed by atoms with E-state index in [4.69, 9.17) is 14.6 Å². The van der Waals surface area contributed by atoms with Crippen LogP contribution >= 0.6 is 11.3 Å². The van der Waals surface area contributed by atoms with Crippen LogP contribution in [0.5, 0.6) is 11.5 Å². The predicted octanol–water partition coefficient (Wildman–Crippen LogP) is 2.99. The number of aliphatic carboxylic acids is 1. The summed E-state index contributed by atoms with van der Waals surface area (Å²) in [5, 5.41) is 14.8. The van der Waals surface area contributed by atoms with Crippen LogP contribution in [0.25, 0.3) is 10.6 Å². The first kappa shape index (κ1) is 17.8. The number of rotatable bonds is 6. The first-order valence-corrected chi connectivity index (χ1v) is 9.78. The highest BCUT2D eigenvalue weighted by atomic mass is 32.1. The lowest BCUT2D eigenvalue weighted by Crippen LogP contribution is -2.48. The largest absolute Gasteiger partial charge is 0.481 e. The molecule has 2 heterocycles. The number of thiazole rings is 1. The van der Waals surface area contributed by atoms with Crippen molar-refractivity contribution in [2.75, 3.05) is 6.79 Å². The first-order chi connectivity index (χ1) is 13.0. The number of carboxylic acids is 1. The molecule has 1 amide bonds. The molecule has 1 aromatic heterocycles. The number of hydrogen-bond acceptors (Lipinski definition) is 6. The monoisotopic (exact) mass is 388 g/mol. The second-order valence-electron chi connectivity index (χ2n) is 6.99. The molecular formula is C19H20N2O5S. The zero-order valence-electron chi connectivity index (χ0n) is 14.7. The van der Waals surface area contributed by atoms with Gasteiger partial charge in [-0.05, 0) is 31.0 Å². The van der Waals surface area contributed by atoms with Gasteiger partial charge in [0.25, 0.3) is 0 Å². The van der Waals surface area contributed by atoms with Crippen LogP contribution in [-0.2, 0) is 16.0 Å². The van der Waals surface area contributed by atoms with Crippen LogP contribution in [0.2, 0.25) is 0 Å². The molecule has 1 fully saturated rings. The van der Waals surface area contributed by atoms with E-state index >= 15 is 0 Å². The summed E-state index contributed by atoms with van der Waals surface area (Å²) in [6.45, 7) is 0.222. The molecule has 1 aliphatic carbocycles. The molecule has 8 heteroatoms. The van der Waals surface area contributed by atoms with Crippen LogP contribution in [0.1, 0.15) is 37.8 Å². The summed E-state index contributed by atoms with van der Waals surface area (Å²) in [7, 11) is 0. The summed E-state index contributed by atoms with van der Waals surface area (Å²) in [6.07, 6.45) is 3.42. The lowest BCUT2D eigenvalue weighted by atomic mass is 9.93. The fourth-order valence-electron chi connectivity index (χ4n) is 3.74. The molecule has 1 aromatic carbocycles. The summed E-state index contributed by atoms with van der Waals surface area (Å²) >= 11 is 1.46. The molecule has 0 radical (unpaired) electrons. The van der Waals surface area contributed by atoms with Crippen molar-refractivity contribution >= 4 is 23.2 Å². The van der Waals surface area contributed by atoms with Crippen molar-refractivity contribution in [2.24, 2.45) is 0 Å². The number of aromatic nitrogens is 1. The van der Waals surface area contributed by atoms with Crippen molar-refractivity contribution in [1.29, 1.82) is 0 Å². The number of carbonyl (C=O) groups is 2. The molecule has 1 saturated carbocycles. The Morgan fingerprint density at radius 1 is 1.22 bits per heavy atom. The summed E-state index contributed by atoms with van der Waals surface area (Å²) in [5.74, 6) is 0.352. The van der Waals surface area contributed by atoms with Crippen molar-refractivity contribution in [3.63, 3.8) is 0 Å². The SMILES string of the molecule is O=C(O)CC1(NC(=O)Cc2csc(-c3ccc4c(c3)OCO4)n2)CCCC1. The molecule has 4 rings (SSSR count). The van der Waals surface area contributed by atoms with Gasteiger partial charge in [0.1, 0.15) is 5.01 Å². The third kappa shape index (κ3) is 3.90. The molecule has 1 aliphatic heterocycles. The molecular weight excluding hydrogens is 368 g/mol. The van der Waals surface area contributed by atoms with E-state index in [0.29, 0.717) is 24.3 Å². The Bertz CT molecular complexity index is 873. The molecule has 0 saturated heterocycles. The maximum atomic E-state index is 12.5. The Balaban J connectivity index is 1.43. The summed E-state index contributed by atoms with van der Waals surface area (Å²) in [5.41, 5.74) is 0.974. The van der Waals surface area contributed by atoms with E-state index in [9.17, 15) is 9.59 Å². The van der Waals surface area contributed by atoms with E-state index < -0.39 is 11.5 Å². The molecule has 0 atom stereocenters. The average molecular weight is 388 g/mol. The number of ether oxygens (including phenoxy) is 2. The third-order valence-corrected chi connectivity index (χ3v) is 5.91. The van der Waals surface area contributed by atoms with Crippen molar-refractivity contribution in [1.82, 2.24) is 10.3 Å². The Labute approximate surface area is 160 Å². The number of hydrogen-bond donors (Lipinski definition) is 2. The summed E-state index contributed by atoms with van der Waals surface area (Å²) in [4.78, 5) is 28.2. The minimum Gasteiger partial charge on any atom is -0.481 e. The van der Waals surface area contributed by atoms with Gasteiger partial charge in [0.15, 0.2) is 11.5 Å². The van der Waals surface area contributed by atoms with E-state index in [2.05, 4.69) is 10.3 Å². The normalized spacial score (nSPS) is 17.0. The number of amides is 1. The van der Waals surface area contributed by atoms with E-state index in [1.165, 1.54) is 11.3 Å². The second kappa shape index (κ2) is 7.19. The van der Waals surface area contributed by atoms with Gasteiger partial charge in [-0.2, -0.15) is 0 Å². The summed E-state index contributed by atoms with van der Waals surface area (Å²) < 4.78 is 10.7. The average Bonchev–Trinajstić information content (AvgIpc) is 3.34. The number of fused-ring (bicyclic) bond motifs is 1. The quantitative estimate of drug-likeness (QED) is 0.790. The van der Waals surface area contributed by atoms with Gasteiger partial charge in [0, 0.05) is 10.9 Å². The second-order valence-corrected chi connectivity index (χ2v) is 7.85. The molecule has 2 aromatic rings. The fourth-order valence-corrected chi connectivity index (χ4v) is 4.56. The van der Waals surface area contributed by atoms with Crippen molar-refractivity contribution in [3.8, 4) is 22.1 Å². The van der Waals surface area contributed by atoms with Crippen LogP contribution in [-0.4, -0.2) is 34.3 Å². The van der Waals surface area contributed by atoms with E-state index in [1.807, 2.05) is 23.6 Å². The van der Waals surface area contributed by atoms with Crippen LogP contribution in [0, 0.1) is 0 Å². The van der Waals surface area contributed by atoms with Crippen molar-refractivity contribution in [3.05, 3.63) is 29.3 Å². The first-order valence-electron chi connectivity index (χ1n) is 8.90. The van der Waals surface area contributed by atoms with Gasteiger partial charge < -0.3 is 19.9 Å². The highest BCUT2D eigenvalue weighted by molar-refractivity contribution is 7.13. The lowest BCUT2D eigenvalue weighted by molar-refractivity contribution is -0.139. The highest BCUT2D eigenvalue weighted by Gasteiger charge is 2.37. The molecule has 7 nitrogen and oxygen atoms in total. The van der Waals surface area contributed by atoms with Gasteiger partial charge in [-0.1, -0.05) is 12.8 Å². The molecule has 142 valence electrons. The molecule has 27 heavy (non-hydrogen) atoms. The predicted molar refractivity (Wildman–Crippen MR) is 99.0 cm³/mol. The van der Waals surface area contributed by atoms with Crippen molar-refractivity contribution in [2.45, 2.75) is 44.1 Å². The Kier molecular flexibility index (Phi) is 4.73. The summed E-state index contributed by atoms with van der Waals surface area (Å²) in [6, 6.07) is 5.64. The van der Waals surface area contributed by atoms with Crippen LogP contribution in [0.3, 0.4) is 0 Å². The zero-order valence-corrected chi connectivity index (χ0v) is 15.5. The van der Waals surface area contributed by atoms with Crippen LogP contribution in [0.15, 0.2) is 23.6 Å². The van der Waals surface area contributed by atoms with Crippen LogP contribution in [0.4, 0.5) is 0 Å².